The Hall–Kier alpha value is -1.42. The number of rotatable bonds is 1. The monoisotopic (exact) mass is 268 g/mol. The molecule has 0 N–H and O–H groups in total. The second kappa shape index (κ2) is 8.64. The molecule has 18 heavy (non-hydrogen) atoms. The Kier molecular flexibility index (Phi) is 7.96. The quantitative estimate of drug-likeness (QED) is 0.737. The van der Waals surface area contributed by atoms with Gasteiger partial charge in [0, 0.05) is 18.8 Å². The van der Waals surface area contributed by atoms with Crippen molar-refractivity contribution >= 4 is 11.6 Å². The van der Waals surface area contributed by atoms with Crippen LogP contribution in [0.25, 0.3) is 11.3 Å². The normalized spacial score (nSPS) is 8.83. The second-order valence-corrected chi connectivity index (χ2v) is 3.40. The zero-order valence-corrected chi connectivity index (χ0v) is 12.7. The molecule has 0 aliphatic carbocycles. The maximum Gasteiger partial charge on any atom is 0.129 e. The first-order valence-electron chi connectivity index (χ1n) is 6.16. The van der Waals surface area contributed by atoms with Gasteiger partial charge in [0.1, 0.15) is 10.8 Å². The number of pyridine rings is 1. The van der Waals surface area contributed by atoms with Gasteiger partial charge in [-0.05, 0) is 19.1 Å². The van der Waals surface area contributed by atoms with E-state index in [2.05, 4.69) is 15.3 Å². The Morgan fingerprint density at radius 2 is 1.72 bits per heavy atom. The second-order valence-electron chi connectivity index (χ2n) is 3.02. The van der Waals surface area contributed by atoms with E-state index in [0.29, 0.717) is 5.15 Å². The molecule has 0 bridgehead atoms. The molecule has 0 atom stereocenters. The zero-order chi connectivity index (χ0) is 14.1. The van der Waals surface area contributed by atoms with Gasteiger partial charge in [0.15, 0.2) is 0 Å². The van der Waals surface area contributed by atoms with E-state index in [1.807, 2.05) is 47.7 Å². The molecule has 100 valence electrons. The van der Waals surface area contributed by atoms with Crippen LogP contribution in [0.4, 0.5) is 0 Å². The van der Waals surface area contributed by atoms with Gasteiger partial charge in [-0.2, -0.15) is 0 Å². The molecule has 0 spiro atoms. The average molecular weight is 269 g/mol. The molecule has 2 rings (SSSR count). The summed E-state index contributed by atoms with van der Waals surface area (Å²) in [5.74, 6) is 0. The highest BCUT2D eigenvalue weighted by atomic mass is 35.5. The smallest absolute Gasteiger partial charge is 0.129 e. The molecule has 4 nitrogen and oxygen atoms in total. The first-order valence-corrected chi connectivity index (χ1v) is 6.54. The summed E-state index contributed by atoms with van der Waals surface area (Å²) in [4.78, 5) is 3.99. The summed E-state index contributed by atoms with van der Waals surface area (Å²) < 4.78 is 1.73. The van der Waals surface area contributed by atoms with E-state index in [-0.39, 0.29) is 0 Å². The van der Waals surface area contributed by atoms with E-state index >= 15 is 0 Å². The van der Waals surface area contributed by atoms with Gasteiger partial charge in [0.2, 0.25) is 0 Å². The Morgan fingerprint density at radius 1 is 1.11 bits per heavy atom. The number of aromatic nitrogens is 4. The van der Waals surface area contributed by atoms with Crippen molar-refractivity contribution in [2.24, 2.45) is 7.05 Å². The van der Waals surface area contributed by atoms with Crippen molar-refractivity contribution in [1.82, 2.24) is 20.0 Å². The molecule has 0 radical (unpaired) electrons. The molecule has 0 saturated heterocycles. The van der Waals surface area contributed by atoms with Crippen LogP contribution in [0.2, 0.25) is 5.15 Å². The molecule has 2 heterocycles. The first kappa shape index (κ1) is 16.6. The molecule has 2 aromatic rings. The van der Waals surface area contributed by atoms with Crippen molar-refractivity contribution in [3.8, 4) is 11.3 Å². The van der Waals surface area contributed by atoms with E-state index in [1.165, 1.54) is 0 Å². The highest BCUT2D eigenvalue weighted by Gasteiger charge is 2.08. The fourth-order valence-corrected chi connectivity index (χ4v) is 1.30. The lowest BCUT2D eigenvalue weighted by molar-refractivity contribution is 0.696. The Balaban J connectivity index is 0.000000659. The molecular weight excluding hydrogens is 248 g/mol. The minimum absolute atomic E-state index is 0.482. The Labute approximate surface area is 114 Å². The number of halogens is 1. The summed E-state index contributed by atoms with van der Waals surface area (Å²) in [6.07, 6.45) is 1.69. The van der Waals surface area contributed by atoms with Gasteiger partial charge in [-0.25, -0.2) is 4.98 Å². The van der Waals surface area contributed by atoms with Gasteiger partial charge in [0.05, 0.1) is 5.69 Å². The lowest BCUT2D eigenvalue weighted by atomic mass is 10.2. The lowest BCUT2D eigenvalue weighted by Gasteiger charge is -1.97. The van der Waals surface area contributed by atoms with E-state index in [0.717, 1.165) is 17.0 Å². The van der Waals surface area contributed by atoms with Gasteiger partial charge >= 0.3 is 0 Å². The van der Waals surface area contributed by atoms with Crippen LogP contribution in [-0.2, 0) is 7.05 Å². The highest BCUT2D eigenvalue weighted by Crippen LogP contribution is 2.19. The number of hydrogen-bond donors (Lipinski definition) is 0. The SMILES string of the molecule is CC.CC.Cc1c(-c2ccc(Cl)nc2)nnn1C. The van der Waals surface area contributed by atoms with Crippen molar-refractivity contribution in [1.29, 1.82) is 0 Å². The fourth-order valence-electron chi connectivity index (χ4n) is 1.19. The van der Waals surface area contributed by atoms with Gasteiger partial charge in [0.25, 0.3) is 0 Å². The number of aryl methyl sites for hydroxylation is 1. The van der Waals surface area contributed by atoms with Crippen molar-refractivity contribution in [3.05, 3.63) is 29.2 Å². The summed E-state index contributed by atoms with van der Waals surface area (Å²) >= 11 is 5.69. The van der Waals surface area contributed by atoms with Crippen LogP contribution < -0.4 is 0 Å². The van der Waals surface area contributed by atoms with Gasteiger partial charge in [-0.15, -0.1) is 5.10 Å². The zero-order valence-electron chi connectivity index (χ0n) is 11.9. The summed E-state index contributed by atoms with van der Waals surface area (Å²) in [7, 11) is 1.86. The lowest BCUT2D eigenvalue weighted by Crippen LogP contribution is -1.92. The summed E-state index contributed by atoms with van der Waals surface area (Å²) in [6, 6.07) is 3.62. The maximum atomic E-state index is 5.69. The maximum absolute atomic E-state index is 5.69. The van der Waals surface area contributed by atoms with Gasteiger partial charge in [-0.3, -0.25) is 4.68 Å². The molecule has 0 unspecified atom stereocenters. The number of hydrogen-bond acceptors (Lipinski definition) is 3. The summed E-state index contributed by atoms with van der Waals surface area (Å²) in [5.41, 5.74) is 2.78. The molecule has 5 heteroatoms. The van der Waals surface area contributed by atoms with Crippen molar-refractivity contribution < 1.29 is 0 Å². The molecule has 2 aromatic heterocycles. The minimum atomic E-state index is 0.482. The van der Waals surface area contributed by atoms with E-state index in [4.69, 9.17) is 11.6 Å². The van der Waals surface area contributed by atoms with Crippen LogP contribution in [0.3, 0.4) is 0 Å². The third kappa shape index (κ3) is 4.11. The predicted molar refractivity (Wildman–Crippen MR) is 76.7 cm³/mol. The van der Waals surface area contributed by atoms with Crippen LogP contribution in [0.15, 0.2) is 18.3 Å². The molecule has 0 aliphatic rings. The Bertz CT molecular complexity index is 449. The van der Waals surface area contributed by atoms with Gasteiger partial charge in [-0.1, -0.05) is 44.5 Å². The molecule has 0 aromatic carbocycles. The van der Waals surface area contributed by atoms with Crippen LogP contribution >= 0.6 is 11.6 Å². The largest absolute Gasteiger partial charge is 0.252 e. The highest BCUT2D eigenvalue weighted by molar-refractivity contribution is 6.29. The summed E-state index contributed by atoms with van der Waals surface area (Å²) in [5, 5.41) is 8.45. The van der Waals surface area contributed by atoms with E-state index in [1.54, 1.807) is 16.9 Å². The van der Waals surface area contributed by atoms with Gasteiger partial charge < -0.3 is 0 Å². The van der Waals surface area contributed by atoms with Crippen LogP contribution in [-0.4, -0.2) is 20.0 Å². The van der Waals surface area contributed by atoms with Crippen LogP contribution in [0.5, 0.6) is 0 Å². The van der Waals surface area contributed by atoms with Crippen LogP contribution in [0.1, 0.15) is 33.4 Å². The Morgan fingerprint density at radius 3 is 2.11 bits per heavy atom. The van der Waals surface area contributed by atoms with Crippen molar-refractivity contribution in [3.63, 3.8) is 0 Å². The first-order chi connectivity index (χ1) is 8.68. The number of nitrogens with zero attached hydrogens (tertiary/aromatic N) is 4. The molecule has 0 fully saturated rings. The van der Waals surface area contributed by atoms with Crippen molar-refractivity contribution in [2.45, 2.75) is 34.6 Å². The summed E-state index contributed by atoms with van der Waals surface area (Å²) in [6.45, 7) is 9.96. The van der Waals surface area contributed by atoms with E-state index < -0.39 is 0 Å². The standard InChI is InChI=1S/C9H9ClN4.2C2H6/c1-6-9(12-13-14(6)2)7-3-4-8(10)11-5-7;2*1-2/h3-5H,1-2H3;2*1-2H3. The molecule has 0 saturated carbocycles. The minimum Gasteiger partial charge on any atom is -0.252 e. The third-order valence-corrected chi connectivity index (χ3v) is 2.33. The molecule has 0 amide bonds. The average Bonchev–Trinajstić information content (AvgIpc) is 2.76. The van der Waals surface area contributed by atoms with E-state index in [9.17, 15) is 0 Å². The topological polar surface area (TPSA) is 43.6 Å². The molecule has 0 aliphatic heterocycles. The van der Waals surface area contributed by atoms with Crippen LogP contribution in [0, 0.1) is 6.92 Å². The van der Waals surface area contributed by atoms with Crippen molar-refractivity contribution in [2.75, 3.05) is 0 Å². The molecular formula is C13H21ClN4. The third-order valence-electron chi connectivity index (χ3n) is 2.11. The predicted octanol–water partition coefficient (Wildman–Crippen LogP) is 3.89. The fraction of sp³-hybridized carbons (Fsp3) is 0.462.